The number of quaternary nitrogens is 1. The van der Waals surface area contributed by atoms with Crippen molar-refractivity contribution in [2.75, 3.05) is 13.7 Å². The highest BCUT2D eigenvalue weighted by Gasteiger charge is 2.12. The summed E-state index contributed by atoms with van der Waals surface area (Å²) in [6.07, 6.45) is 0. The van der Waals surface area contributed by atoms with Crippen molar-refractivity contribution in [2.24, 2.45) is 0 Å². The van der Waals surface area contributed by atoms with E-state index in [2.05, 4.69) is 12.2 Å². The Bertz CT molecular complexity index is 661. The van der Waals surface area contributed by atoms with E-state index in [-0.39, 0.29) is 11.9 Å². The molecule has 0 aromatic heterocycles. The van der Waals surface area contributed by atoms with Crippen LogP contribution in [-0.2, 0) is 11.3 Å². The first kappa shape index (κ1) is 17.3. The lowest BCUT2D eigenvalue weighted by molar-refractivity contribution is -0.682. The maximum atomic E-state index is 12.0. The summed E-state index contributed by atoms with van der Waals surface area (Å²) < 4.78 is 5.27. The van der Waals surface area contributed by atoms with Crippen molar-refractivity contribution in [2.45, 2.75) is 19.5 Å². The maximum absolute atomic E-state index is 12.0. The molecule has 4 nitrogen and oxygen atoms in total. The highest BCUT2D eigenvalue weighted by Crippen LogP contribution is 2.16. The molecule has 3 N–H and O–H groups in total. The number of halogens is 1. The average Bonchev–Trinajstić information content (AvgIpc) is 2.58. The van der Waals surface area contributed by atoms with E-state index in [9.17, 15) is 4.79 Å². The van der Waals surface area contributed by atoms with Crippen LogP contribution in [0.3, 0.4) is 0 Å². The summed E-state index contributed by atoms with van der Waals surface area (Å²) in [5.74, 6) is 0.772. The number of rotatable bonds is 7. The normalized spacial score (nSPS) is 11.8. The fraction of sp³-hybridized carbons (Fsp3) is 0.278. The van der Waals surface area contributed by atoms with Gasteiger partial charge < -0.3 is 15.4 Å². The Morgan fingerprint density at radius 3 is 2.78 bits per heavy atom. The van der Waals surface area contributed by atoms with Gasteiger partial charge in [0.1, 0.15) is 11.8 Å². The number of hydrogen-bond acceptors (Lipinski definition) is 2. The number of hydrogen-bond donors (Lipinski definition) is 2. The number of ether oxygens (including phenoxy) is 1. The summed E-state index contributed by atoms with van der Waals surface area (Å²) in [4.78, 5) is 12.0. The molecule has 0 aliphatic heterocycles. The van der Waals surface area contributed by atoms with Crippen molar-refractivity contribution in [1.82, 2.24) is 5.32 Å². The van der Waals surface area contributed by atoms with Gasteiger partial charge in [-0.25, -0.2) is 0 Å². The number of carbonyl (C=O) groups excluding carboxylic acids is 1. The van der Waals surface area contributed by atoms with Gasteiger partial charge in [0.2, 0.25) is 0 Å². The smallest absolute Gasteiger partial charge is 0.275 e. The van der Waals surface area contributed by atoms with Gasteiger partial charge >= 0.3 is 0 Å². The molecule has 0 aliphatic rings. The molecule has 1 atom stereocenters. The molecule has 0 heterocycles. The number of nitrogens with two attached hydrogens (primary N) is 1. The van der Waals surface area contributed by atoms with E-state index in [4.69, 9.17) is 16.3 Å². The molecule has 2 aromatic carbocycles. The molecule has 0 fully saturated rings. The summed E-state index contributed by atoms with van der Waals surface area (Å²) in [6.45, 7) is 2.88. The minimum Gasteiger partial charge on any atom is -0.496 e. The summed E-state index contributed by atoms with van der Waals surface area (Å²) >= 11 is 5.99. The predicted octanol–water partition coefficient (Wildman–Crippen LogP) is 2.29. The van der Waals surface area contributed by atoms with Crippen molar-refractivity contribution in [3.8, 4) is 5.75 Å². The summed E-state index contributed by atoms with van der Waals surface area (Å²) in [5, 5.41) is 5.62. The second kappa shape index (κ2) is 8.56. The standard InChI is InChI=1S/C18H21ClN2O2/c1-13(14-7-5-8-16(19)10-14)20-12-18(22)21-11-15-6-3-4-9-17(15)23-2/h3-10,13,20H,11-12H2,1-2H3,(H,21,22)/p+1/t13-/m0/s1. The quantitative estimate of drug-likeness (QED) is 0.817. The van der Waals surface area contributed by atoms with Crippen LogP contribution in [0.15, 0.2) is 48.5 Å². The minimum absolute atomic E-state index is 0.00946. The monoisotopic (exact) mass is 333 g/mol. The van der Waals surface area contributed by atoms with E-state index in [1.165, 1.54) is 0 Å². The molecule has 1 amide bonds. The molecule has 0 unspecified atom stereocenters. The number of nitrogens with one attached hydrogen (secondary N) is 1. The zero-order chi connectivity index (χ0) is 16.7. The number of carbonyl (C=O) groups is 1. The highest BCUT2D eigenvalue weighted by molar-refractivity contribution is 6.30. The Labute approximate surface area is 141 Å². The fourth-order valence-electron chi connectivity index (χ4n) is 2.32. The highest BCUT2D eigenvalue weighted by atomic mass is 35.5. The van der Waals surface area contributed by atoms with E-state index in [1.807, 2.05) is 53.8 Å². The molecular formula is C18H22ClN2O2+. The van der Waals surface area contributed by atoms with Gasteiger partial charge in [0.25, 0.3) is 5.91 Å². The van der Waals surface area contributed by atoms with E-state index < -0.39 is 0 Å². The number of amides is 1. The van der Waals surface area contributed by atoms with Crippen LogP contribution in [0, 0.1) is 0 Å². The Morgan fingerprint density at radius 2 is 2.04 bits per heavy atom. The Balaban J connectivity index is 1.81. The van der Waals surface area contributed by atoms with Crippen LogP contribution in [0.25, 0.3) is 0 Å². The second-order valence-electron chi connectivity index (χ2n) is 5.37. The van der Waals surface area contributed by atoms with Gasteiger partial charge in [0, 0.05) is 22.7 Å². The summed E-state index contributed by atoms with van der Waals surface area (Å²) in [5.41, 5.74) is 2.07. The summed E-state index contributed by atoms with van der Waals surface area (Å²) in [6, 6.07) is 15.5. The first-order valence-corrected chi connectivity index (χ1v) is 7.95. The molecule has 5 heteroatoms. The van der Waals surface area contributed by atoms with Crippen LogP contribution >= 0.6 is 11.6 Å². The van der Waals surface area contributed by atoms with Gasteiger partial charge in [0.15, 0.2) is 6.54 Å². The third-order valence-corrected chi connectivity index (χ3v) is 3.93. The van der Waals surface area contributed by atoms with Crippen LogP contribution in [0.1, 0.15) is 24.1 Å². The first-order valence-electron chi connectivity index (χ1n) is 7.57. The Hall–Kier alpha value is -2.04. The molecule has 2 rings (SSSR count). The van der Waals surface area contributed by atoms with Crippen LogP contribution in [0.4, 0.5) is 0 Å². The van der Waals surface area contributed by atoms with Gasteiger partial charge in [-0.1, -0.05) is 41.9 Å². The van der Waals surface area contributed by atoms with Crippen molar-refractivity contribution < 1.29 is 14.8 Å². The zero-order valence-electron chi connectivity index (χ0n) is 13.4. The van der Waals surface area contributed by atoms with Crippen molar-refractivity contribution in [3.63, 3.8) is 0 Å². The minimum atomic E-state index is -0.00946. The average molecular weight is 334 g/mol. The molecule has 0 saturated heterocycles. The molecule has 0 radical (unpaired) electrons. The fourth-order valence-corrected chi connectivity index (χ4v) is 2.52. The molecule has 0 spiro atoms. The molecule has 0 aliphatic carbocycles. The van der Waals surface area contributed by atoms with E-state index >= 15 is 0 Å². The molecule has 2 aromatic rings. The largest absolute Gasteiger partial charge is 0.496 e. The van der Waals surface area contributed by atoms with Crippen LogP contribution in [-0.4, -0.2) is 19.6 Å². The van der Waals surface area contributed by atoms with Gasteiger partial charge in [0.05, 0.1) is 7.11 Å². The summed E-state index contributed by atoms with van der Waals surface area (Å²) in [7, 11) is 1.63. The Kier molecular flexibility index (Phi) is 6.44. The molecule has 122 valence electrons. The first-order chi connectivity index (χ1) is 11.1. The van der Waals surface area contributed by atoms with Crippen molar-refractivity contribution >= 4 is 17.5 Å². The van der Waals surface area contributed by atoms with Gasteiger partial charge in [-0.15, -0.1) is 0 Å². The molecule has 0 bridgehead atoms. The number of benzene rings is 2. The van der Waals surface area contributed by atoms with Gasteiger partial charge in [-0.2, -0.15) is 0 Å². The lowest BCUT2D eigenvalue weighted by Gasteiger charge is -2.12. The van der Waals surface area contributed by atoms with E-state index in [1.54, 1.807) is 7.11 Å². The molecule has 23 heavy (non-hydrogen) atoms. The maximum Gasteiger partial charge on any atom is 0.275 e. The topological polar surface area (TPSA) is 54.9 Å². The van der Waals surface area contributed by atoms with Gasteiger partial charge in [-0.3, -0.25) is 4.79 Å². The van der Waals surface area contributed by atoms with Gasteiger partial charge in [-0.05, 0) is 25.1 Å². The molecule has 0 saturated carbocycles. The molecular weight excluding hydrogens is 312 g/mol. The number of para-hydroxylation sites is 1. The van der Waals surface area contributed by atoms with E-state index in [0.717, 1.165) is 16.9 Å². The third-order valence-electron chi connectivity index (χ3n) is 3.70. The number of methoxy groups -OCH3 is 1. The van der Waals surface area contributed by atoms with Crippen LogP contribution < -0.4 is 15.4 Å². The lowest BCUT2D eigenvalue weighted by Crippen LogP contribution is -2.87. The van der Waals surface area contributed by atoms with Crippen molar-refractivity contribution in [3.05, 3.63) is 64.7 Å². The zero-order valence-corrected chi connectivity index (χ0v) is 14.1. The van der Waals surface area contributed by atoms with Crippen molar-refractivity contribution in [1.29, 1.82) is 0 Å². The van der Waals surface area contributed by atoms with E-state index in [0.29, 0.717) is 18.1 Å². The Morgan fingerprint density at radius 1 is 1.26 bits per heavy atom. The van der Waals surface area contributed by atoms with Crippen LogP contribution in [0.5, 0.6) is 5.75 Å². The second-order valence-corrected chi connectivity index (χ2v) is 5.81. The SMILES string of the molecule is COc1ccccc1CNC(=O)C[NH2+][C@@H](C)c1cccc(Cl)c1. The lowest BCUT2D eigenvalue weighted by atomic mass is 10.1. The predicted molar refractivity (Wildman–Crippen MR) is 91.5 cm³/mol. The van der Waals surface area contributed by atoms with Crippen LogP contribution in [0.2, 0.25) is 5.02 Å². The third kappa shape index (κ3) is 5.27.